The molecule has 0 unspecified atom stereocenters. The van der Waals surface area contributed by atoms with Crippen LogP contribution in [0.15, 0.2) is 60.9 Å². The molecule has 2 aromatic carbocycles. The number of hydrogen-bond acceptors (Lipinski definition) is 6. The number of rotatable bonds is 7. The summed E-state index contributed by atoms with van der Waals surface area (Å²) in [5.74, 6) is 1.14. The largest absolute Gasteiger partial charge is 0.494 e. The zero-order valence-corrected chi connectivity index (χ0v) is 19.4. The van der Waals surface area contributed by atoms with Crippen LogP contribution in [0.4, 0.5) is 15.8 Å². The van der Waals surface area contributed by atoms with Gasteiger partial charge in [0.05, 0.1) is 29.7 Å². The molecule has 8 heteroatoms. The van der Waals surface area contributed by atoms with E-state index in [-0.39, 0.29) is 0 Å². The Morgan fingerprint density at radius 2 is 1.97 bits per heavy atom. The van der Waals surface area contributed by atoms with E-state index in [4.69, 9.17) is 16.3 Å². The number of nitrogens with zero attached hydrogens (tertiary/aromatic N) is 3. The number of piperidine rings is 1. The highest BCUT2D eigenvalue weighted by Gasteiger charge is 2.13. The third-order valence-corrected chi connectivity index (χ3v) is 6.34. The highest BCUT2D eigenvalue weighted by molar-refractivity contribution is 6.30. The van der Waals surface area contributed by atoms with E-state index < -0.39 is 5.82 Å². The van der Waals surface area contributed by atoms with Gasteiger partial charge in [0.1, 0.15) is 11.6 Å². The highest BCUT2D eigenvalue weighted by atomic mass is 35.5. The summed E-state index contributed by atoms with van der Waals surface area (Å²) in [5, 5.41) is 16.2. The van der Waals surface area contributed by atoms with Gasteiger partial charge in [-0.05, 0) is 80.7 Å². The van der Waals surface area contributed by atoms with Gasteiger partial charge in [0.15, 0.2) is 0 Å². The molecule has 1 saturated heterocycles. The second-order valence-electron chi connectivity index (χ2n) is 8.45. The van der Waals surface area contributed by atoms with Crippen molar-refractivity contribution >= 4 is 33.9 Å². The molecule has 1 aliphatic heterocycles. The minimum Gasteiger partial charge on any atom is -0.494 e. The second kappa shape index (κ2) is 10.3. The Balaban J connectivity index is 1.32. The molecule has 0 bridgehead atoms. The van der Waals surface area contributed by atoms with Crippen molar-refractivity contribution in [1.29, 1.82) is 0 Å². The molecule has 0 spiro atoms. The molecule has 0 saturated carbocycles. The lowest BCUT2D eigenvalue weighted by molar-refractivity contribution is 0.252. The van der Waals surface area contributed by atoms with Gasteiger partial charge < -0.3 is 15.4 Å². The number of halogens is 2. The fourth-order valence-corrected chi connectivity index (χ4v) is 4.43. The summed E-state index contributed by atoms with van der Waals surface area (Å²) in [7, 11) is 0. The molecule has 5 rings (SSSR count). The standard InChI is InChI=1S/C26H25ClFN5O/c27-18-1-4-23(28)22(13-18)26-14-19(16-31-33-26)32-24-7-11-30-25-15-20(2-3-21(24)25)34-12-8-17-5-9-29-10-6-17/h1-4,7,11,13-17,29H,5-6,8-10,12H2,(H,30,32,33). The van der Waals surface area contributed by atoms with Crippen LogP contribution in [0.3, 0.4) is 0 Å². The van der Waals surface area contributed by atoms with Gasteiger partial charge in [0.2, 0.25) is 0 Å². The van der Waals surface area contributed by atoms with Crippen LogP contribution >= 0.6 is 11.6 Å². The van der Waals surface area contributed by atoms with Crippen molar-refractivity contribution < 1.29 is 9.13 Å². The normalized spacial score (nSPS) is 14.3. The Morgan fingerprint density at radius 1 is 1.09 bits per heavy atom. The first-order chi connectivity index (χ1) is 16.7. The molecule has 0 atom stereocenters. The van der Waals surface area contributed by atoms with E-state index in [9.17, 15) is 4.39 Å². The van der Waals surface area contributed by atoms with Crippen LogP contribution in [0.5, 0.6) is 5.75 Å². The van der Waals surface area contributed by atoms with Gasteiger partial charge >= 0.3 is 0 Å². The predicted molar refractivity (Wildman–Crippen MR) is 133 cm³/mol. The molecule has 1 aliphatic rings. The van der Waals surface area contributed by atoms with Gasteiger partial charge in [-0.1, -0.05) is 11.6 Å². The minimum absolute atomic E-state index is 0.300. The van der Waals surface area contributed by atoms with Crippen LogP contribution in [0.25, 0.3) is 22.2 Å². The Bertz CT molecular complexity index is 1300. The van der Waals surface area contributed by atoms with Crippen molar-refractivity contribution in [1.82, 2.24) is 20.5 Å². The van der Waals surface area contributed by atoms with E-state index in [1.54, 1.807) is 24.5 Å². The Hall–Kier alpha value is -3.29. The molecule has 0 aliphatic carbocycles. The number of fused-ring (bicyclic) bond motifs is 1. The average molecular weight is 478 g/mol. The van der Waals surface area contributed by atoms with Crippen molar-refractivity contribution in [3.05, 3.63) is 71.8 Å². The molecule has 1 fully saturated rings. The Labute approximate surface area is 202 Å². The van der Waals surface area contributed by atoms with E-state index in [0.717, 1.165) is 47.8 Å². The molecule has 0 radical (unpaired) electrons. The molecule has 2 aromatic heterocycles. The summed E-state index contributed by atoms with van der Waals surface area (Å²) in [6.45, 7) is 2.91. The first-order valence-corrected chi connectivity index (χ1v) is 11.8. The summed E-state index contributed by atoms with van der Waals surface area (Å²) in [6.07, 6.45) is 6.84. The van der Waals surface area contributed by atoms with Gasteiger partial charge in [0, 0.05) is 33.9 Å². The van der Waals surface area contributed by atoms with Gasteiger partial charge in [-0.25, -0.2) is 4.39 Å². The fraction of sp³-hybridized carbons (Fsp3) is 0.269. The van der Waals surface area contributed by atoms with E-state index >= 15 is 0 Å². The van der Waals surface area contributed by atoms with Gasteiger partial charge in [0.25, 0.3) is 0 Å². The Morgan fingerprint density at radius 3 is 2.85 bits per heavy atom. The topological polar surface area (TPSA) is 72.0 Å². The summed E-state index contributed by atoms with van der Waals surface area (Å²) in [6, 6.07) is 13.9. The molecule has 174 valence electrons. The van der Waals surface area contributed by atoms with Crippen LogP contribution in [0.2, 0.25) is 5.02 Å². The van der Waals surface area contributed by atoms with Crippen molar-refractivity contribution in [3.63, 3.8) is 0 Å². The highest BCUT2D eigenvalue weighted by Crippen LogP contribution is 2.30. The minimum atomic E-state index is -0.405. The molecule has 34 heavy (non-hydrogen) atoms. The lowest BCUT2D eigenvalue weighted by Crippen LogP contribution is -2.28. The lowest BCUT2D eigenvalue weighted by atomic mass is 9.95. The van der Waals surface area contributed by atoms with Crippen molar-refractivity contribution in [2.75, 3.05) is 25.0 Å². The van der Waals surface area contributed by atoms with Crippen LogP contribution in [0.1, 0.15) is 19.3 Å². The van der Waals surface area contributed by atoms with Gasteiger partial charge in [-0.3, -0.25) is 4.98 Å². The second-order valence-corrected chi connectivity index (χ2v) is 8.88. The lowest BCUT2D eigenvalue weighted by Gasteiger charge is -2.22. The fourth-order valence-electron chi connectivity index (χ4n) is 4.26. The Kier molecular flexibility index (Phi) is 6.83. The van der Waals surface area contributed by atoms with Crippen LogP contribution in [-0.2, 0) is 0 Å². The monoisotopic (exact) mass is 477 g/mol. The SMILES string of the molecule is Fc1ccc(Cl)cc1-c1cc(Nc2ccnc3cc(OCCC4CCNCC4)ccc23)cnn1. The number of pyridine rings is 1. The summed E-state index contributed by atoms with van der Waals surface area (Å²) >= 11 is 6.04. The molecule has 0 amide bonds. The van der Waals surface area contributed by atoms with Crippen LogP contribution < -0.4 is 15.4 Å². The van der Waals surface area contributed by atoms with Gasteiger partial charge in [-0.15, -0.1) is 0 Å². The number of ether oxygens (including phenoxy) is 1. The summed E-state index contributed by atoms with van der Waals surface area (Å²) in [4.78, 5) is 4.51. The zero-order chi connectivity index (χ0) is 23.3. The van der Waals surface area contributed by atoms with E-state index in [0.29, 0.717) is 28.6 Å². The number of nitrogens with one attached hydrogen (secondary N) is 2. The van der Waals surface area contributed by atoms with Crippen molar-refractivity contribution in [2.45, 2.75) is 19.3 Å². The number of aromatic nitrogens is 3. The van der Waals surface area contributed by atoms with E-state index in [1.165, 1.54) is 25.0 Å². The third kappa shape index (κ3) is 5.26. The summed E-state index contributed by atoms with van der Waals surface area (Å²) < 4.78 is 20.3. The van der Waals surface area contributed by atoms with Crippen LogP contribution in [-0.4, -0.2) is 34.9 Å². The molecular formula is C26H25ClFN5O. The average Bonchev–Trinajstić information content (AvgIpc) is 2.86. The maximum Gasteiger partial charge on any atom is 0.132 e. The number of hydrogen-bond donors (Lipinski definition) is 2. The quantitative estimate of drug-likeness (QED) is 0.340. The molecule has 4 aromatic rings. The first-order valence-electron chi connectivity index (χ1n) is 11.4. The van der Waals surface area contributed by atoms with Crippen LogP contribution in [0, 0.1) is 11.7 Å². The number of benzene rings is 2. The first kappa shape index (κ1) is 22.5. The molecule has 6 nitrogen and oxygen atoms in total. The maximum absolute atomic E-state index is 14.3. The van der Waals surface area contributed by atoms with Crippen molar-refractivity contribution in [3.8, 4) is 17.0 Å². The predicted octanol–water partition coefficient (Wildman–Crippen LogP) is 6.00. The third-order valence-electron chi connectivity index (χ3n) is 6.11. The zero-order valence-electron chi connectivity index (χ0n) is 18.6. The number of anilines is 2. The smallest absolute Gasteiger partial charge is 0.132 e. The van der Waals surface area contributed by atoms with E-state index in [2.05, 4.69) is 25.8 Å². The molecular weight excluding hydrogens is 453 g/mol. The van der Waals surface area contributed by atoms with Gasteiger partial charge in [-0.2, -0.15) is 10.2 Å². The van der Waals surface area contributed by atoms with Crippen molar-refractivity contribution in [2.24, 2.45) is 5.92 Å². The molecule has 2 N–H and O–H groups in total. The molecule has 3 heterocycles. The summed E-state index contributed by atoms with van der Waals surface area (Å²) in [5.41, 5.74) is 3.06. The maximum atomic E-state index is 14.3. The van der Waals surface area contributed by atoms with E-state index in [1.807, 2.05) is 24.3 Å².